The first-order valence-electron chi connectivity index (χ1n) is 6.98. The second-order valence-corrected chi connectivity index (χ2v) is 6.62. The molecular formula is C15H24N4. The molecule has 1 atom stereocenters. The Morgan fingerprint density at radius 3 is 2.47 bits per heavy atom. The highest BCUT2D eigenvalue weighted by molar-refractivity contribution is 5.86. The van der Waals surface area contributed by atoms with Gasteiger partial charge < -0.3 is 0 Å². The molecule has 1 aliphatic rings. The van der Waals surface area contributed by atoms with Gasteiger partial charge in [0.2, 0.25) is 5.95 Å². The zero-order valence-electron chi connectivity index (χ0n) is 12.6. The van der Waals surface area contributed by atoms with Gasteiger partial charge in [0.25, 0.3) is 0 Å². The van der Waals surface area contributed by atoms with Gasteiger partial charge in [-0.05, 0) is 50.5 Å². The van der Waals surface area contributed by atoms with Crippen LogP contribution in [0.4, 0.5) is 5.95 Å². The van der Waals surface area contributed by atoms with Crippen LogP contribution in [0.25, 0.3) is 0 Å². The number of aromatic nitrogens is 2. The lowest BCUT2D eigenvalue weighted by molar-refractivity contribution is 0.266. The lowest BCUT2D eigenvalue weighted by atomic mass is 9.72. The van der Waals surface area contributed by atoms with Gasteiger partial charge in [0.05, 0.1) is 0 Å². The lowest BCUT2D eigenvalue weighted by Crippen LogP contribution is -2.28. The normalized spacial score (nSPS) is 24.5. The predicted octanol–water partition coefficient (Wildman–Crippen LogP) is 3.71. The van der Waals surface area contributed by atoms with Crippen LogP contribution in [-0.2, 0) is 0 Å². The maximum absolute atomic E-state index is 4.52. The van der Waals surface area contributed by atoms with E-state index in [0.29, 0.717) is 17.3 Å². The fraction of sp³-hybridized carbons (Fsp3) is 0.667. The quantitative estimate of drug-likeness (QED) is 0.825. The van der Waals surface area contributed by atoms with Crippen LogP contribution in [0.3, 0.4) is 0 Å². The molecule has 1 heterocycles. The Hall–Kier alpha value is -1.45. The number of hydrazone groups is 1. The summed E-state index contributed by atoms with van der Waals surface area (Å²) in [5.41, 5.74) is 6.53. The molecule has 0 radical (unpaired) electrons. The zero-order chi connectivity index (χ0) is 14.0. The van der Waals surface area contributed by atoms with Gasteiger partial charge in [0.1, 0.15) is 0 Å². The van der Waals surface area contributed by atoms with Gasteiger partial charge in [-0.25, -0.2) is 15.4 Å². The van der Waals surface area contributed by atoms with Crippen molar-refractivity contribution in [2.24, 2.45) is 16.4 Å². The molecule has 0 amide bonds. The Balaban J connectivity index is 2.09. The number of aryl methyl sites for hydroxylation is 2. The fourth-order valence-electron chi connectivity index (χ4n) is 3.10. The van der Waals surface area contributed by atoms with Crippen LogP contribution in [-0.4, -0.2) is 15.7 Å². The first kappa shape index (κ1) is 14.0. The average molecular weight is 260 g/mol. The Bertz CT molecular complexity index is 471. The van der Waals surface area contributed by atoms with Crippen LogP contribution in [0.1, 0.15) is 51.4 Å². The fourth-order valence-corrected chi connectivity index (χ4v) is 3.10. The predicted molar refractivity (Wildman–Crippen MR) is 79.4 cm³/mol. The highest BCUT2D eigenvalue weighted by Crippen LogP contribution is 2.36. The van der Waals surface area contributed by atoms with Gasteiger partial charge in [-0.1, -0.05) is 20.8 Å². The van der Waals surface area contributed by atoms with Gasteiger partial charge in [0.15, 0.2) is 0 Å². The maximum Gasteiger partial charge on any atom is 0.243 e. The minimum absolute atomic E-state index is 0.349. The highest BCUT2D eigenvalue weighted by atomic mass is 15.4. The van der Waals surface area contributed by atoms with Crippen molar-refractivity contribution in [1.29, 1.82) is 0 Å². The topological polar surface area (TPSA) is 50.2 Å². The largest absolute Gasteiger partial charge is 0.245 e. The van der Waals surface area contributed by atoms with Crippen molar-refractivity contribution in [1.82, 2.24) is 9.97 Å². The minimum atomic E-state index is 0.349. The van der Waals surface area contributed by atoms with Crippen LogP contribution in [0.15, 0.2) is 11.2 Å². The summed E-state index contributed by atoms with van der Waals surface area (Å²) in [6.45, 7) is 10.9. The summed E-state index contributed by atoms with van der Waals surface area (Å²) in [5, 5.41) is 4.52. The van der Waals surface area contributed by atoms with Crippen molar-refractivity contribution in [3.05, 3.63) is 17.5 Å². The SMILES string of the molecule is Cc1cc(C)nc(N/N=C2/C[C@H](C)CC(C)(C)C2)n1. The van der Waals surface area contributed by atoms with E-state index in [1.807, 2.05) is 19.9 Å². The molecule has 104 valence electrons. The van der Waals surface area contributed by atoms with E-state index < -0.39 is 0 Å². The van der Waals surface area contributed by atoms with Gasteiger partial charge in [-0.15, -0.1) is 0 Å². The Kier molecular flexibility index (Phi) is 3.88. The van der Waals surface area contributed by atoms with Crippen molar-refractivity contribution in [2.75, 3.05) is 5.43 Å². The molecule has 1 aliphatic carbocycles. The van der Waals surface area contributed by atoms with Crippen molar-refractivity contribution >= 4 is 11.7 Å². The Labute approximate surface area is 115 Å². The number of anilines is 1. The van der Waals surface area contributed by atoms with Gasteiger partial charge in [0, 0.05) is 17.1 Å². The first-order chi connectivity index (χ1) is 8.84. The molecule has 0 aliphatic heterocycles. The van der Waals surface area contributed by atoms with Crippen LogP contribution in [0.2, 0.25) is 0 Å². The van der Waals surface area contributed by atoms with E-state index in [4.69, 9.17) is 0 Å². The first-order valence-corrected chi connectivity index (χ1v) is 6.98. The molecule has 1 saturated carbocycles. The van der Waals surface area contributed by atoms with E-state index in [9.17, 15) is 0 Å². The molecule has 1 N–H and O–H groups in total. The number of rotatable bonds is 2. The molecular weight excluding hydrogens is 236 g/mol. The second-order valence-electron chi connectivity index (χ2n) is 6.62. The smallest absolute Gasteiger partial charge is 0.243 e. The van der Waals surface area contributed by atoms with Gasteiger partial charge in [-0.2, -0.15) is 5.10 Å². The summed E-state index contributed by atoms with van der Waals surface area (Å²) < 4.78 is 0. The maximum atomic E-state index is 4.52. The minimum Gasteiger partial charge on any atom is -0.245 e. The lowest BCUT2D eigenvalue weighted by Gasteiger charge is -2.34. The molecule has 1 fully saturated rings. The van der Waals surface area contributed by atoms with Gasteiger partial charge in [-0.3, -0.25) is 0 Å². The summed E-state index contributed by atoms with van der Waals surface area (Å²) in [4.78, 5) is 8.69. The van der Waals surface area contributed by atoms with Crippen molar-refractivity contribution in [2.45, 2.75) is 53.9 Å². The van der Waals surface area contributed by atoms with Gasteiger partial charge >= 0.3 is 0 Å². The summed E-state index contributed by atoms with van der Waals surface area (Å²) in [5.74, 6) is 1.30. The van der Waals surface area contributed by atoms with Crippen LogP contribution in [0, 0.1) is 25.2 Å². The van der Waals surface area contributed by atoms with Crippen LogP contribution in [0.5, 0.6) is 0 Å². The van der Waals surface area contributed by atoms with E-state index in [1.54, 1.807) is 0 Å². The molecule has 19 heavy (non-hydrogen) atoms. The van der Waals surface area contributed by atoms with Crippen molar-refractivity contribution in [3.8, 4) is 0 Å². The monoisotopic (exact) mass is 260 g/mol. The summed E-state index contributed by atoms with van der Waals surface area (Å²) in [7, 11) is 0. The summed E-state index contributed by atoms with van der Waals surface area (Å²) in [6, 6.07) is 1.96. The molecule has 0 aromatic carbocycles. The van der Waals surface area contributed by atoms with Crippen molar-refractivity contribution < 1.29 is 0 Å². The van der Waals surface area contributed by atoms with Crippen molar-refractivity contribution in [3.63, 3.8) is 0 Å². The molecule has 0 saturated heterocycles. The molecule has 1 aromatic heterocycles. The molecule has 4 nitrogen and oxygen atoms in total. The average Bonchev–Trinajstić information content (AvgIpc) is 2.22. The number of nitrogens with one attached hydrogen (secondary N) is 1. The summed E-state index contributed by atoms with van der Waals surface area (Å²) >= 11 is 0. The Morgan fingerprint density at radius 1 is 1.26 bits per heavy atom. The molecule has 0 spiro atoms. The number of nitrogens with zero attached hydrogens (tertiary/aromatic N) is 3. The van der Waals surface area contributed by atoms with E-state index in [0.717, 1.165) is 24.2 Å². The van der Waals surface area contributed by atoms with E-state index in [-0.39, 0.29) is 0 Å². The molecule has 2 rings (SSSR count). The molecule has 1 aromatic rings. The molecule has 0 unspecified atom stereocenters. The number of hydrogen-bond acceptors (Lipinski definition) is 4. The third kappa shape index (κ3) is 4.01. The summed E-state index contributed by atoms with van der Waals surface area (Å²) in [6.07, 6.45) is 3.39. The number of hydrogen-bond donors (Lipinski definition) is 1. The molecule has 0 bridgehead atoms. The van der Waals surface area contributed by atoms with E-state index in [2.05, 4.69) is 41.3 Å². The third-order valence-electron chi connectivity index (χ3n) is 3.46. The van der Waals surface area contributed by atoms with Crippen LogP contribution < -0.4 is 5.43 Å². The highest BCUT2D eigenvalue weighted by Gasteiger charge is 2.29. The third-order valence-corrected chi connectivity index (χ3v) is 3.46. The van der Waals surface area contributed by atoms with Crippen LogP contribution >= 0.6 is 0 Å². The van der Waals surface area contributed by atoms with E-state index in [1.165, 1.54) is 12.1 Å². The standard InChI is InChI=1S/C15H24N4/c1-10-6-13(9-15(4,5)8-10)18-19-14-16-11(2)7-12(3)17-14/h7,10H,6,8-9H2,1-5H3,(H,16,17,19)/b18-13-/t10-/m0/s1. The Morgan fingerprint density at radius 2 is 1.89 bits per heavy atom. The second kappa shape index (κ2) is 5.27. The molecule has 4 heteroatoms. The van der Waals surface area contributed by atoms with E-state index >= 15 is 0 Å². The zero-order valence-corrected chi connectivity index (χ0v) is 12.6.